The topological polar surface area (TPSA) is 82.4 Å². The number of piperidine rings is 1. The van der Waals surface area contributed by atoms with Gasteiger partial charge in [-0.3, -0.25) is 9.69 Å². The Morgan fingerprint density at radius 1 is 1.19 bits per heavy atom. The largest absolute Gasteiger partial charge is 0.360 e. The Morgan fingerprint density at radius 3 is 2.85 bits per heavy atom. The molecule has 2 aliphatic heterocycles. The van der Waals surface area contributed by atoms with Crippen molar-refractivity contribution in [3.05, 3.63) is 17.5 Å². The minimum absolute atomic E-state index is 0.226. The number of hydrogen-bond donors (Lipinski definition) is 3. The highest BCUT2D eigenvalue weighted by atomic mass is 16.5. The molecule has 0 radical (unpaired) electrons. The first-order chi connectivity index (χ1) is 12.8. The van der Waals surface area contributed by atoms with E-state index >= 15 is 0 Å². The lowest BCUT2D eigenvalue weighted by Crippen LogP contribution is -2.42. The molecule has 3 heterocycles. The molecule has 0 aromatic carbocycles. The Hall–Kier alpha value is -1.44. The van der Waals surface area contributed by atoms with Crippen LogP contribution in [-0.4, -0.2) is 61.3 Å². The lowest BCUT2D eigenvalue weighted by Gasteiger charge is -2.31. The standard InChI is InChI=1S/C19H31N5O2/c25-19(22-16-1-2-16)10-14-3-4-21-12-15(14)9-17-11-18(26-23-17)13-24-7-5-20-6-8-24/h11,14-16,20-21H,1-10,12-13H2,(H,22,25)/t14-,15-/m0/s1. The van der Waals surface area contributed by atoms with Gasteiger partial charge in [0.05, 0.1) is 12.2 Å². The minimum Gasteiger partial charge on any atom is -0.360 e. The molecule has 1 aromatic rings. The van der Waals surface area contributed by atoms with Crippen molar-refractivity contribution in [2.75, 3.05) is 39.3 Å². The molecule has 2 atom stereocenters. The van der Waals surface area contributed by atoms with Crippen LogP contribution in [0.3, 0.4) is 0 Å². The third-order valence-corrected chi connectivity index (χ3v) is 5.82. The maximum absolute atomic E-state index is 12.2. The molecule has 0 bridgehead atoms. The Balaban J connectivity index is 1.30. The van der Waals surface area contributed by atoms with Gasteiger partial charge in [-0.1, -0.05) is 5.16 Å². The van der Waals surface area contributed by atoms with Crippen molar-refractivity contribution in [2.24, 2.45) is 11.8 Å². The van der Waals surface area contributed by atoms with Gasteiger partial charge in [-0.25, -0.2) is 0 Å². The second kappa shape index (κ2) is 8.50. The highest BCUT2D eigenvalue weighted by Gasteiger charge is 2.30. The summed E-state index contributed by atoms with van der Waals surface area (Å²) >= 11 is 0. The van der Waals surface area contributed by atoms with E-state index in [0.29, 0.717) is 24.3 Å². The molecule has 7 heteroatoms. The van der Waals surface area contributed by atoms with E-state index in [1.54, 1.807) is 0 Å². The van der Waals surface area contributed by atoms with E-state index in [4.69, 9.17) is 4.52 Å². The number of nitrogens with zero attached hydrogens (tertiary/aromatic N) is 2. The van der Waals surface area contributed by atoms with Gasteiger partial charge in [0.25, 0.3) is 0 Å². The SMILES string of the molecule is O=C(C[C@@H]1CCNC[C@@H]1Cc1cc(CN2CCNCC2)on1)NC1CC1. The molecule has 4 rings (SSSR count). The molecule has 144 valence electrons. The minimum atomic E-state index is 0.226. The summed E-state index contributed by atoms with van der Waals surface area (Å²) < 4.78 is 5.57. The molecular weight excluding hydrogens is 330 g/mol. The van der Waals surface area contributed by atoms with Crippen LogP contribution in [0.15, 0.2) is 10.6 Å². The number of hydrogen-bond acceptors (Lipinski definition) is 6. The predicted octanol–water partition coefficient (Wildman–Crippen LogP) is 0.517. The van der Waals surface area contributed by atoms with Crippen molar-refractivity contribution in [1.82, 2.24) is 26.0 Å². The predicted molar refractivity (Wildman–Crippen MR) is 98.6 cm³/mol. The van der Waals surface area contributed by atoms with Gasteiger partial charge in [-0.05, 0) is 50.6 Å². The summed E-state index contributed by atoms with van der Waals surface area (Å²) in [5, 5.41) is 14.3. The highest BCUT2D eigenvalue weighted by molar-refractivity contribution is 5.76. The normalized spacial score (nSPS) is 27.4. The fourth-order valence-electron chi connectivity index (χ4n) is 4.12. The molecule has 1 aromatic heterocycles. The summed E-state index contributed by atoms with van der Waals surface area (Å²) in [5.74, 6) is 2.06. The van der Waals surface area contributed by atoms with Crippen LogP contribution in [0.5, 0.6) is 0 Å². The maximum Gasteiger partial charge on any atom is 0.220 e. The second-order valence-corrected chi connectivity index (χ2v) is 8.07. The Morgan fingerprint density at radius 2 is 2.04 bits per heavy atom. The second-order valence-electron chi connectivity index (χ2n) is 8.07. The number of rotatable bonds is 7. The van der Waals surface area contributed by atoms with Gasteiger partial charge in [-0.2, -0.15) is 0 Å². The molecular formula is C19H31N5O2. The molecule has 0 spiro atoms. The summed E-state index contributed by atoms with van der Waals surface area (Å²) in [7, 11) is 0. The Kier molecular flexibility index (Phi) is 5.87. The molecule has 0 unspecified atom stereocenters. The average molecular weight is 361 g/mol. The van der Waals surface area contributed by atoms with Crippen LogP contribution in [0.4, 0.5) is 0 Å². The molecule has 1 amide bonds. The van der Waals surface area contributed by atoms with E-state index in [0.717, 1.165) is 83.0 Å². The zero-order valence-corrected chi connectivity index (χ0v) is 15.5. The number of nitrogens with one attached hydrogen (secondary N) is 3. The van der Waals surface area contributed by atoms with Crippen LogP contribution in [-0.2, 0) is 17.8 Å². The van der Waals surface area contributed by atoms with Crippen molar-refractivity contribution >= 4 is 5.91 Å². The maximum atomic E-state index is 12.2. The summed E-state index contributed by atoms with van der Waals surface area (Å²) in [6, 6.07) is 2.56. The van der Waals surface area contributed by atoms with E-state index in [-0.39, 0.29) is 5.91 Å². The highest BCUT2D eigenvalue weighted by Crippen LogP contribution is 2.27. The molecule has 3 aliphatic rings. The molecule has 7 nitrogen and oxygen atoms in total. The first-order valence-electron chi connectivity index (χ1n) is 10.1. The Labute approximate surface area is 155 Å². The van der Waals surface area contributed by atoms with E-state index in [9.17, 15) is 4.79 Å². The van der Waals surface area contributed by atoms with Crippen LogP contribution in [0.25, 0.3) is 0 Å². The van der Waals surface area contributed by atoms with Gasteiger partial charge in [0, 0.05) is 44.7 Å². The van der Waals surface area contributed by atoms with Crippen molar-refractivity contribution in [2.45, 2.75) is 44.7 Å². The molecule has 2 saturated heterocycles. The number of amides is 1. The summed E-state index contributed by atoms with van der Waals surface area (Å²) in [6.07, 6.45) is 4.90. The fourth-order valence-corrected chi connectivity index (χ4v) is 4.12. The zero-order valence-electron chi connectivity index (χ0n) is 15.5. The van der Waals surface area contributed by atoms with Crippen molar-refractivity contribution in [1.29, 1.82) is 0 Å². The molecule has 3 fully saturated rings. The van der Waals surface area contributed by atoms with Crippen molar-refractivity contribution in [3.8, 4) is 0 Å². The summed E-state index contributed by atoms with van der Waals surface area (Å²) in [5.41, 5.74) is 1.02. The smallest absolute Gasteiger partial charge is 0.220 e. The van der Waals surface area contributed by atoms with Crippen LogP contribution in [0.1, 0.15) is 37.1 Å². The molecule has 26 heavy (non-hydrogen) atoms. The summed E-state index contributed by atoms with van der Waals surface area (Å²) in [6.45, 7) is 7.00. The van der Waals surface area contributed by atoms with Crippen LogP contribution in [0, 0.1) is 11.8 Å². The van der Waals surface area contributed by atoms with Crippen LogP contribution >= 0.6 is 0 Å². The van der Waals surface area contributed by atoms with Gasteiger partial charge in [0.15, 0.2) is 5.76 Å². The number of aromatic nitrogens is 1. The van der Waals surface area contributed by atoms with Crippen molar-refractivity contribution in [3.63, 3.8) is 0 Å². The van der Waals surface area contributed by atoms with Gasteiger partial charge < -0.3 is 20.5 Å². The van der Waals surface area contributed by atoms with Crippen LogP contribution < -0.4 is 16.0 Å². The third-order valence-electron chi connectivity index (χ3n) is 5.82. The Bertz CT molecular complexity index is 595. The quantitative estimate of drug-likeness (QED) is 0.657. The number of carbonyl (C=O) groups excluding carboxylic acids is 1. The van der Waals surface area contributed by atoms with Gasteiger partial charge in [0.2, 0.25) is 5.91 Å². The van der Waals surface area contributed by atoms with Crippen LogP contribution in [0.2, 0.25) is 0 Å². The zero-order chi connectivity index (χ0) is 17.8. The number of carbonyl (C=O) groups is 1. The fraction of sp³-hybridized carbons (Fsp3) is 0.789. The number of piperazine rings is 1. The van der Waals surface area contributed by atoms with Crippen molar-refractivity contribution < 1.29 is 9.32 Å². The third kappa shape index (κ3) is 5.05. The summed E-state index contributed by atoms with van der Waals surface area (Å²) in [4.78, 5) is 14.6. The van der Waals surface area contributed by atoms with E-state index in [1.165, 1.54) is 0 Å². The first-order valence-corrected chi connectivity index (χ1v) is 10.1. The van der Waals surface area contributed by atoms with Gasteiger partial charge in [-0.15, -0.1) is 0 Å². The van der Waals surface area contributed by atoms with Gasteiger partial charge in [0.1, 0.15) is 0 Å². The monoisotopic (exact) mass is 361 g/mol. The van der Waals surface area contributed by atoms with E-state index in [2.05, 4.69) is 32.1 Å². The average Bonchev–Trinajstić information content (AvgIpc) is 3.35. The lowest BCUT2D eigenvalue weighted by atomic mass is 9.81. The van der Waals surface area contributed by atoms with Gasteiger partial charge >= 0.3 is 0 Å². The van der Waals surface area contributed by atoms with E-state index < -0.39 is 0 Å². The molecule has 1 aliphatic carbocycles. The molecule has 1 saturated carbocycles. The first kappa shape index (κ1) is 17.9. The lowest BCUT2D eigenvalue weighted by molar-refractivity contribution is -0.122. The molecule has 3 N–H and O–H groups in total. The van der Waals surface area contributed by atoms with E-state index in [1.807, 2.05) is 0 Å².